The van der Waals surface area contributed by atoms with Crippen LogP contribution in [0.1, 0.15) is 55.5 Å². The molecule has 11 nitrogen and oxygen atoms in total. The number of anilines is 4. The molecule has 0 radical (unpaired) electrons. The van der Waals surface area contributed by atoms with Crippen LogP contribution in [0.15, 0.2) is 28.8 Å². The van der Waals surface area contributed by atoms with Crippen molar-refractivity contribution in [2.45, 2.75) is 46.5 Å². The zero-order valence-electron chi connectivity index (χ0n) is 22.2. The van der Waals surface area contributed by atoms with E-state index in [1.165, 1.54) is 0 Å². The molecule has 5 N–H and O–H groups in total. The molecule has 0 unspecified atom stereocenters. The monoisotopic (exact) mass is 552 g/mol. The van der Waals surface area contributed by atoms with Gasteiger partial charge in [-0.25, -0.2) is 0 Å². The summed E-state index contributed by atoms with van der Waals surface area (Å²) in [5.74, 6) is -1.04. The Hall–Kier alpha value is -4.38. The highest BCUT2D eigenvalue weighted by molar-refractivity contribution is 6.35. The first-order valence-corrected chi connectivity index (χ1v) is 12.7. The lowest BCUT2D eigenvalue weighted by Gasteiger charge is -2.12. The van der Waals surface area contributed by atoms with E-state index < -0.39 is 18.2 Å². The van der Waals surface area contributed by atoms with Crippen LogP contribution in [-0.2, 0) is 24.6 Å². The number of aromatic amines is 1. The molecule has 39 heavy (non-hydrogen) atoms. The minimum absolute atomic E-state index is 0.167. The molecule has 0 atom stereocenters. The highest BCUT2D eigenvalue weighted by Gasteiger charge is 2.26. The molecule has 1 aromatic carbocycles. The minimum atomic E-state index is -0.542. The Morgan fingerprint density at radius 3 is 2.44 bits per heavy atom. The molecular weight excluding hydrogens is 524 g/mol. The Bertz CT molecular complexity index is 1510. The van der Waals surface area contributed by atoms with Gasteiger partial charge in [-0.2, -0.15) is 0 Å². The van der Waals surface area contributed by atoms with E-state index in [1.54, 1.807) is 30.3 Å². The predicted octanol–water partition coefficient (Wildman–Crippen LogP) is 4.55. The van der Waals surface area contributed by atoms with E-state index in [-0.39, 0.29) is 28.9 Å². The fourth-order valence-electron chi connectivity index (χ4n) is 4.06. The number of alkyl halides is 1. The molecule has 4 rings (SSSR count). The van der Waals surface area contributed by atoms with Crippen molar-refractivity contribution in [3.63, 3.8) is 0 Å². The van der Waals surface area contributed by atoms with Gasteiger partial charge in [-0.15, -0.1) is 11.6 Å². The summed E-state index contributed by atoms with van der Waals surface area (Å²) in [7, 11) is 0. The van der Waals surface area contributed by atoms with Crippen LogP contribution in [0.25, 0.3) is 11.6 Å². The minimum Gasteiger partial charge on any atom is -0.359 e. The lowest BCUT2D eigenvalue weighted by molar-refractivity contribution is -0.124. The highest BCUT2D eigenvalue weighted by Crippen LogP contribution is 2.36. The van der Waals surface area contributed by atoms with Gasteiger partial charge < -0.3 is 30.8 Å². The summed E-state index contributed by atoms with van der Waals surface area (Å²) >= 11 is 5.60. The summed E-state index contributed by atoms with van der Waals surface area (Å²) in [4.78, 5) is 52.4. The van der Waals surface area contributed by atoms with E-state index in [0.29, 0.717) is 39.7 Å². The molecule has 0 saturated carbocycles. The third-order valence-corrected chi connectivity index (χ3v) is 6.32. The number of carbonyl (C=O) groups excluding carboxylic acids is 4. The van der Waals surface area contributed by atoms with E-state index in [4.69, 9.17) is 16.1 Å². The largest absolute Gasteiger partial charge is 0.359 e. The number of hydrogen-bond acceptors (Lipinski definition) is 6. The van der Waals surface area contributed by atoms with Crippen LogP contribution in [0.4, 0.5) is 22.9 Å². The number of aromatic nitrogens is 2. The Labute approximate surface area is 229 Å². The molecular formula is C27H29ClN6O5. The number of rotatable bonds is 7. The quantitative estimate of drug-likeness (QED) is 0.164. The van der Waals surface area contributed by atoms with E-state index in [9.17, 15) is 19.2 Å². The molecule has 0 saturated heterocycles. The van der Waals surface area contributed by atoms with Crippen molar-refractivity contribution in [2.24, 2.45) is 0 Å². The first-order valence-electron chi connectivity index (χ1n) is 12.1. The normalized spacial score (nSPS) is 13.7. The van der Waals surface area contributed by atoms with Gasteiger partial charge in [0.05, 0.1) is 16.9 Å². The number of nitrogens with zero attached hydrogens (tertiary/aromatic N) is 1. The van der Waals surface area contributed by atoms with Gasteiger partial charge in [0.15, 0.2) is 5.82 Å². The van der Waals surface area contributed by atoms with Crippen molar-refractivity contribution >= 4 is 69.8 Å². The number of benzene rings is 1. The van der Waals surface area contributed by atoms with Gasteiger partial charge in [-0.1, -0.05) is 32.0 Å². The molecule has 0 bridgehead atoms. The van der Waals surface area contributed by atoms with Crippen molar-refractivity contribution in [3.05, 3.63) is 52.5 Å². The Morgan fingerprint density at radius 2 is 1.77 bits per heavy atom. The first kappa shape index (κ1) is 27.6. The zero-order chi connectivity index (χ0) is 28.5. The number of aryl methyl sites for hydroxylation is 1. The molecule has 0 spiro atoms. The number of nitrogens with one attached hydrogen (secondary N) is 5. The second-order valence-corrected chi connectivity index (χ2v) is 10.5. The number of fused-ring (bicyclic) bond motifs is 1. The molecule has 4 amide bonds. The molecule has 2 aromatic heterocycles. The van der Waals surface area contributed by atoms with Crippen LogP contribution in [0.3, 0.4) is 0 Å². The van der Waals surface area contributed by atoms with Gasteiger partial charge >= 0.3 is 0 Å². The smallest absolute Gasteiger partial charge is 0.256 e. The van der Waals surface area contributed by atoms with Crippen LogP contribution < -0.4 is 21.3 Å². The number of amides is 4. The SMILES string of the molecule is Cc1[nH]c(/C=C2\C(=O)Nc3cc(NC(=O)CC(=O)Nc4cc(C(C)(C)C)on4)ccc32)c(C)c1NC(=O)CCl. The van der Waals surface area contributed by atoms with E-state index >= 15 is 0 Å². The van der Waals surface area contributed by atoms with E-state index in [1.807, 2.05) is 34.6 Å². The third-order valence-electron chi connectivity index (χ3n) is 6.07. The van der Waals surface area contributed by atoms with Crippen LogP contribution >= 0.6 is 11.6 Å². The third kappa shape index (κ3) is 6.20. The first-order chi connectivity index (χ1) is 18.3. The van der Waals surface area contributed by atoms with Crippen molar-refractivity contribution in [1.29, 1.82) is 0 Å². The molecule has 1 aliphatic heterocycles. The maximum Gasteiger partial charge on any atom is 0.256 e. The zero-order valence-corrected chi connectivity index (χ0v) is 22.9. The molecule has 0 aliphatic carbocycles. The fourth-order valence-corrected chi connectivity index (χ4v) is 4.13. The molecule has 0 fully saturated rings. The van der Waals surface area contributed by atoms with Gasteiger partial charge in [0.25, 0.3) is 5.91 Å². The fraction of sp³-hybridized carbons (Fsp3) is 0.296. The number of hydrogen-bond donors (Lipinski definition) is 5. The molecule has 3 heterocycles. The summed E-state index contributed by atoms with van der Waals surface area (Å²) < 4.78 is 5.23. The van der Waals surface area contributed by atoms with Gasteiger partial charge in [-0.3, -0.25) is 19.2 Å². The maximum atomic E-state index is 12.7. The number of H-pyrrole nitrogens is 1. The lowest BCUT2D eigenvalue weighted by atomic mass is 9.93. The van der Waals surface area contributed by atoms with E-state index in [2.05, 4.69) is 31.4 Å². The molecule has 1 aliphatic rings. The van der Waals surface area contributed by atoms with Crippen LogP contribution in [-0.4, -0.2) is 39.6 Å². The molecule has 3 aromatic rings. The van der Waals surface area contributed by atoms with Gasteiger partial charge in [0, 0.05) is 34.1 Å². The molecule has 204 valence electrons. The van der Waals surface area contributed by atoms with Crippen LogP contribution in [0, 0.1) is 13.8 Å². The van der Waals surface area contributed by atoms with Crippen LogP contribution in [0.5, 0.6) is 0 Å². The van der Waals surface area contributed by atoms with Crippen LogP contribution in [0.2, 0.25) is 0 Å². The maximum absolute atomic E-state index is 12.7. The predicted molar refractivity (Wildman–Crippen MR) is 150 cm³/mol. The average Bonchev–Trinajstić information content (AvgIpc) is 3.51. The van der Waals surface area contributed by atoms with Gasteiger partial charge in [-0.05, 0) is 37.6 Å². The van der Waals surface area contributed by atoms with Crippen molar-refractivity contribution in [1.82, 2.24) is 10.1 Å². The van der Waals surface area contributed by atoms with Gasteiger partial charge in [0.1, 0.15) is 18.1 Å². The van der Waals surface area contributed by atoms with E-state index in [0.717, 1.165) is 11.3 Å². The second-order valence-electron chi connectivity index (χ2n) is 10.2. The summed E-state index contributed by atoms with van der Waals surface area (Å²) in [5, 5.41) is 14.6. The summed E-state index contributed by atoms with van der Waals surface area (Å²) in [6.45, 7) is 9.49. The van der Waals surface area contributed by atoms with Crippen molar-refractivity contribution in [2.75, 3.05) is 27.1 Å². The summed E-state index contributed by atoms with van der Waals surface area (Å²) in [6, 6.07) is 6.60. The lowest BCUT2D eigenvalue weighted by Crippen LogP contribution is -2.21. The molecule has 12 heteroatoms. The average molecular weight is 553 g/mol. The second kappa shape index (κ2) is 10.8. The Kier molecular flexibility index (Phi) is 7.64. The number of carbonyl (C=O) groups is 4. The van der Waals surface area contributed by atoms with Crippen molar-refractivity contribution in [3.8, 4) is 0 Å². The highest BCUT2D eigenvalue weighted by atomic mass is 35.5. The summed E-state index contributed by atoms with van der Waals surface area (Å²) in [5.41, 5.74) is 4.52. The van der Waals surface area contributed by atoms with Crippen molar-refractivity contribution < 1.29 is 23.7 Å². The topological polar surface area (TPSA) is 158 Å². The summed E-state index contributed by atoms with van der Waals surface area (Å²) in [6.07, 6.45) is 1.28. The Balaban J connectivity index is 1.43. The Morgan fingerprint density at radius 1 is 1.05 bits per heavy atom. The van der Waals surface area contributed by atoms with Gasteiger partial charge in [0.2, 0.25) is 17.7 Å². The standard InChI is InChI=1S/C27H29ClN6O5/c1-13-18(29-14(2)25(13)33-24(37)12-28)9-17-16-7-6-15(8-19(16)31-26(17)38)30-22(35)11-23(36)32-21-10-20(39-34-21)27(3,4)5/h6-10,29H,11-12H2,1-5H3,(H,30,35)(H,31,38)(H,33,37)(H,32,34,36)/b17-9-. The number of halogens is 1.